The van der Waals surface area contributed by atoms with Crippen molar-refractivity contribution in [1.82, 2.24) is 19.9 Å². The molecule has 0 aliphatic carbocycles. The number of hydrogen-bond acceptors (Lipinski definition) is 3. The van der Waals surface area contributed by atoms with E-state index in [1.54, 1.807) is 0 Å². The lowest BCUT2D eigenvalue weighted by Gasteiger charge is -2.23. The molecule has 1 saturated heterocycles. The molecular formula is C18H22Cl2N4. The van der Waals surface area contributed by atoms with Crippen LogP contribution < -0.4 is 5.32 Å². The largest absolute Gasteiger partial charge is 0.331 e. The fraction of sp³-hybridized carbons (Fsp3) is 0.333. The van der Waals surface area contributed by atoms with Gasteiger partial charge in [0.05, 0.1) is 5.52 Å². The summed E-state index contributed by atoms with van der Waals surface area (Å²) in [5.74, 6) is 1.79. The molecular weight excluding hydrogens is 343 g/mol. The van der Waals surface area contributed by atoms with Crippen LogP contribution in [0.2, 0.25) is 0 Å². The van der Waals surface area contributed by atoms with Gasteiger partial charge < -0.3 is 9.88 Å². The number of nitrogens with zero attached hydrogens (tertiary/aromatic N) is 3. The molecule has 0 unspecified atom stereocenters. The lowest BCUT2D eigenvalue weighted by molar-refractivity contribution is 0.334. The fourth-order valence-corrected chi connectivity index (χ4v) is 3.26. The maximum atomic E-state index is 4.58. The molecule has 4 nitrogen and oxygen atoms in total. The van der Waals surface area contributed by atoms with Gasteiger partial charge in [-0.25, -0.2) is 4.98 Å². The van der Waals surface area contributed by atoms with E-state index < -0.39 is 0 Å². The highest BCUT2D eigenvalue weighted by Crippen LogP contribution is 2.24. The van der Waals surface area contributed by atoms with Crippen LogP contribution >= 0.6 is 24.8 Å². The molecule has 0 spiro atoms. The Morgan fingerprint density at radius 3 is 2.71 bits per heavy atom. The van der Waals surface area contributed by atoms with Gasteiger partial charge in [-0.1, -0.05) is 18.2 Å². The first-order valence-electron chi connectivity index (χ1n) is 7.97. The number of halogens is 2. The van der Waals surface area contributed by atoms with Gasteiger partial charge in [0, 0.05) is 36.1 Å². The summed E-state index contributed by atoms with van der Waals surface area (Å²) in [6.07, 6.45) is 8.33. The first-order valence-corrected chi connectivity index (χ1v) is 7.97. The SMILES string of the molecule is Cl.Cl.c1cnc2cc(-c3nccn3CC3CCNCC3)ccc2c1. The molecule has 4 rings (SSSR count). The van der Waals surface area contributed by atoms with Crippen LogP contribution in [0, 0.1) is 5.92 Å². The van der Waals surface area contributed by atoms with Gasteiger partial charge in [0.25, 0.3) is 0 Å². The van der Waals surface area contributed by atoms with Crippen molar-refractivity contribution in [3.63, 3.8) is 0 Å². The summed E-state index contributed by atoms with van der Waals surface area (Å²) in [7, 11) is 0. The Labute approximate surface area is 154 Å². The second-order valence-corrected chi connectivity index (χ2v) is 6.01. The van der Waals surface area contributed by atoms with Crippen molar-refractivity contribution in [2.45, 2.75) is 19.4 Å². The van der Waals surface area contributed by atoms with E-state index in [0.29, 0.717) is 0 Å². The molecule has 3 aromatic rings. The van der Waals surface area contributed by atoms with E-state index >= 15 is 0 Å². The van der Waals surface area contributed by atoms with E-state index in [9.17, 15) is 0 Å². The van der Waals surface area contributed by atoms with Crippen LogP contribution in [0.3, 0.4) is 0 Å². The van der Waals surface area contributed by atoms with Crippen LogP contribution in [0.1, 0.15) is 12.8 Å². The average Bonchev–Trinajstić information content (AvgIpc) is 3.03. The molecule has 128 valence electrons. The zero-order chi connectivity index (χ0) is 14.8. The van der Waals surface area contributed by atoms with Crippen molar-refractivity contribution in [2.24, 2.45) is 5.92 Å². The normalized spacial score (nSPS) is 14.8. The number of pyridine rings is 1. The molecule has 3 heterocycles. The Balaban J connectivity index is 0.00000104. The summed E-state index contributed by atoms with van der Waals surface area (Å²) in [6, 6.07) is 10.5. The first-order chi connectivity index (χ1) is 10.9. The number of rotatable bonds is 3. The molecule has 0 bridgehead atoms. The van der Waals surface area contributed by atoms with Crippen LogP contribution in [0.5, 0.6) is 0 Å². The van der Waals surface area contributed by atoms with Crippen molar-refractivity contribution in [3.05, 3.63) is 48.9 Å². The van der Waals surface area contributed by atoms with Crippen molar-refractivity contribution < 1.29 is 0 Å². The van der Waals surface area contributed by atoms with Crippen LogP contribution in [-0.4, -0.2) is 27.6 Å². The van der Waals surface area contributed by atoms with Gasteiger partial charge in [0.15, 0.2) is 0 Å². The summed E-state index contributed by atoms with van der Waals surface area (Å²) >= 11 is 0. The maximum Gasteiger partial charge on any atom is 0.139 e. The maximum absolute atomic E-state index is 4.58. The molecule has 1 N–H and O–H groups in total. The van der Waals surface area contributed by atoms with Gasteiger partial charge in [-0.2, -0.15) is 0 Å². The number of aromatic nitrogens is 3. The van der Waals surface area contributed by atoms with Crippen molar-refractivity contribution >= 4 is 35.7 Å². The molecule has 0 radical (unpaired) electrons. The van der Waals surface area contributed by atoms with E-state index in [0.717, 1.165) is 42.5 Å². The minimum absolute atomic E-state index is 0. The first kappa shape index (κ1) is 18.7. The van der Waals surface area contributed by atoms with Gasteiger partial charge in [-0.15, -0.1) is 24.8 Å². The van der Waals surface area contributed by atoms with Crippen LogP contribution in [0.4, 0.5) is 0 Å². The standard InChI is InChI=1S/C18H20N4.2ClH/c1-2-15-3-4-16(12-17(15)20-7-1)18-21-10-11-22(18)13-14-5-8-19-9-6-14;;/h1-4,7,10-12,14,19H,5-6,8-9,13H2;2*1H. The third kappa shape index (κ3) is 3.89. The van der Waals surface area contributed by atoms with Gasteiger partial charge in [-0.05, 0) is 44.0 Å². The number of hydrogen-bond donors (Lipinski definition) is 1. The Morgan fingerprint density at radius 2 is 1.88 bits per heavy atom. The smallest absolute Gasteiger partial charge is 0.139 e. The number of fused-ring (bicyclic) bond motifs is 1. The molecule has 24 heavy (non-hydrogen) atoms. The third-order valence-corrected chi connectivity index (χ3v) is 4.49. The van der Waals surface area contributed by atoms with E-state index in [2.05, 4.69) is 50.3 Å². The fourth-order valence-electron chi connectivity index (χ4n) is 3.26. The van der Waals surface area contributed by atoms with E-state index in [1.165, 1.54) is 18.2 Å². The second kappa shape index (κ2) is 8.47. The Hall–Kier alpha value is -1.62. The number of imidazole rings is 1. The molecule has 1 aromatic carbocycles. The number of nitrogens with one attached hydrogen (secondary N) is 1. The lowest BCUT2D eigenvalue weighted by Crippen LogP contribution is -2.29. The van der Waals surface area contributed by atoms with Crippen LogP contribution in [0.15, 0.2) is 48.9 Å². The summed E-state index contributed by atoms with van der Waals surface area (Å²) < 4.78 is 2.29. The van der Waals surface area contributed by atoms with Crippen LogP contribution in [0.25, 0.3) is 22.3 Å². The number of benzene rings is 1. The summed E-state index contributed by atoms with van der Waals surface area (Å²) in [5.41, 5.74) is 2.17. The zero-order valence-electron chi connectivity index (χ0n) is 13.4. The van der Waals surface area contributed by atoms with E-state index in [-0.39, 0.29) is 24.8 Å². The minimum atomic E-state index is 0. The predicted octanol–water partition coefficient (Wildman–Crippen LogP) is 3.94. The van der Waals surface area contributed by atoms with Crippen LogP contribution in [-0.2, 0) is 6.54 Å². The van der Waals surface area contributed by atoms with Gasteiger partial charge in [0.1, 0.15) is 5.82 Å². The molecule has 6 heteroatoms. The van der Waals surface area contributed by atoms with Gasteiger partial charge in [-0.3, -0.25) is 4.98 Å². The second-order valence-electron chi connectivity index (χ2n) is 6.01. The molecule has 0 saturated carbocycles. The Bertz CT molecular complexity index is 781. The Morgan fingerprint density at radius 1 is 1.04 bits per heavy atom. The van der Waals surface area contributed by atoms with Gasteiger partial charge >= 0.3 is 0 Å². The predicted molar refractivity (Wildman–Crippen MR) is 103 cm³/mol. The number of piperidine rings is 1. The molecule has 2 aromatic heterocycles. The molecule has 0 atom stereocenters. The van der Waals surface area contributed by atoms with Gasteiger partial charge in [0.2, 0.25) is 0 Å². The monoisotopic (exact) mass is 364 g/mol. The quantitative estimate of drug-likeness (QED) is 0.765. The molecule has 0 amide bonds. The highest BCUT2D eigenvalue weighted by Gasteiger charge is 2.15. The van der Waals surface area contributed by atoms with Crippen molar-refractivity contribution in [1.29, 1.82) is 0 Å². The van der Waals surface area contributed by atoms with E-state index in [4.69, 9.17) is 0 Å². The highest BCUT2D eigenvalue weighted by molar-refractivity contribution is 5.85. The molecule has 1 fully saturated rings. The van der Waals surface area contributed by atoms with Crippen molar-refractivity contribution in [2.75, 3.05) is 13.1 Å². The topological polar surface area (TPSA) is 42.7 Å². The van der Waals surface area contributed by atoms with Crippen molar-refractivity contribution in [3.8, 4) is 11.4 Å². The highest BCUT2D eigenvalue weighted by atomic mass is 35.5. The summed E-state index contributed by atoms with van der Waals surface area (Å²) in [5, 5.41) is 4.60. The van der Waals surface area contributed by atoms with E-state index in [1.807, 2.05) is 18.5 Å². The summed E-state index contributed by atoms with van der Waals surface area (Å²) in [4.78, 5) is 9.03. The Kier molecular flexibility index (Phi) is 6.60. The molecule has 1 aliphatic rings. The average molecular weight is 365 g/mol. The lowest BCUT2D eigenvalue weighted by atomic mass is 9.98. The third-order valence-electron chi connectivity index (χ3n) is 4.49. The zero-order valence-corrected chi connectivity index (χ0v) is 15.0. The minimum Gasteiger partial charge on any atom is -0.331 e. The molecule has 1 aliphatic heterocycles. The summed E-state index contributed by atoms with van der Waals surface area (Å²) in [6.45, 7) is 3.32.